The van der Waals surface area contributed by atoms with Gasteiger partial charge in [0.25, 0.3) is 0 Å². The number of halogens is 1. The molecule has 3 aromatic carbocycles. The van der Waals surface area contributed by atoms with E-state index in [1.165, 1.54) is 25.0 Å². The second kappa shape index (κ2) is 15.1. The van der Waals surface area contributed by atoms with E-state index >= 15 is 4.39 Å². The molecule has 6 rings (SSSR count). The summed E-state index contributed by atoms with van der Waals surface area (Å²) >= 11 is 0. The standard InChI is InChI=1S/C36H38FN5O6/c1-23-12-16-42(17-13-23)15-4-18-46-33-21-29-27(20-32(33)45-3)30(11-14-38-29)47-31-10-7-25(19-28(31)37)39-34(43)22-35-40-41-36(48-35)24-5-8-26(44-2)9-6-24/h5-11,14,19-21,23H,4,12-13,15-18,22H2,1-3H3,(H,39,43). The zero-order chi connectivity index (χ0) is 33.5. The molecule has 1 N–H and O–H groups in total. The van der Waals surface area contributed by atoms with E-state index in [0.29, 0.717) is 46.1 Å². The van der Waals surface area contributed by atoms with Gasteiger partial charge in [0.05, 0.1) is 26.3 Å². The quantitative estimate of drug-likeness (QED) is 0.134. The van der Waals surface area contributed by atoms with Crippen LogP contribution in [0.1, 0.15) is 32.1 Å². The molecule has 3 heterocycles. The summed E-state index contributed by atoms with van der Waals surface area (Å²) in [7, 11) is 3.15. The number of carbonyl (C=O) groups is 1. The molecular formula is C36H38FN5O6. The molecule has 0 saturated carbocycles. The van der Waals surface area contributed by atoms with Crippen molar-refractivity contribution in [1.82, 2.24) is 20.1 Å². The number of rotatable bonds is 13. The van der Waals surface area contributed by atoms with Crippen LogP contribution in [-0.4, -0.2) is 66.4 Å². The van der Waals surface area contributed by atoms with Crippen LogP contribution in [0.5, 0.6) is 28.7 Å². The first-order valence-electron chi connectivity index (χ1n) is 15.9. The molecule has 11 nitrogen and oxygen atoms in total. The highest BCUT2D eigenvalue weighted by Crippen LogP contribution is 2.38. The van der Waals surface area contributed by atoms with Gasteiger partial charge in [-0.2, -0.15) is 0 Å². The maximum absolute atomic E-state index is 15.2. The van der Waals surface area contributed by atoms with Crippen molar-refractivity contribution >= 4 is 22.5 Å². The van der Waals surface area contributed by atoms with Gasteiger partial charge in [-0.15, -0.1) is 10.2 Å². The number of fused-ring (bicyclic) bond motifs is 1. The number of ether oxygens (including phenoxy) is 4. The van der Waals surface area contributed by atoms with E-state index in [4.69, 9.17) is 23.4 Å². The van der Waals surface area contributed by atoms with Crippen molar-refractivity contribution in [3.8, 4) is 40.2 Å². The Labute approximate surface area is 278 Å². The van der Waals surface area contributed by atoms with Crippen LogP contribution in [0.3, 0.4) is 0 Å². The fourth-order valence-corrected chi connectivity index (χ4v) is 5.54. The summed E-state index contributed by atoms with van der Waals surface area (Å²) in [6, 6.07) is 16.5. The molecule has 0 radical (unpaired) electrons. The topological polar surface area (TPSA) is 121 Å². The van der Waals surface area contributed by atoms with Gasteiger partial charge in [-0.25, -0.2) is 4.39 Å². The number of nitrogens with one attached hydrogen (secondary N) is 1. The van der Waals surface area contributed by atoms with Crippen LogP contribution in [0.4, 0.5) is 10.1 Å². The SMILES string of the molecule is COc1ccc(-c2nnc(CC(=O)Nc3ccc(Oc4ccnc5cc(OCCCN6CCC(C)CC6)c(OC)cc45)c(F)c3)o2)cc1. The molecule has 0 bridgehead atoms. The Bertz CT molecular complexity index is 1860. The normalized spacial score (nSPS) is 13.8. The molecule has 0 unspecified atom stereocenters. The average Bonchev–Trinajstić information content (AvgIpc) is 3.56. The second-order valence-corrected chi connectivity index (χ2v) is 11.8. The molecule has 12 heteroatoms. The minimum atomic E-state index is -0.660. The lowest BCUT2D eigenvalue weighted by Crippen LogP contribution is -2.34. The van der Waals surface area contributed by atoms with Crippen molar-refractivity contribution < 1.29 is 32.5 Å². The lowest BCUT2D eigenvalue weighted by molar-refractivity contribution is -0.115. The molecule has 1 aliphatic rings. The van der Waals surface area contributed by atoms with Crippen molar-refractivity contribution in [3.63, 3.8) is 0 Å². The Morgan fingerprint density at radius 1 is 0.958 bits per heavy atom. The van der Waals surface area contributed by atoms with Crippen molar-refractivity contribution in [2.75, 3.05) is 45.8 Å². The highest BCUT2D eigenvalue weighted by Gasteiger charge is 2.18. The number of nitrogens with zero attached hydrogens (tertiary/aromatic N) is 4. The van der Waals surface area contributed by atoms with E-state index in [0.717, 1.165) is 32.0 Å². The van der Waals surface area contributed by atoms with Crippen molar-refractivity contribution in [2.45, 2.75) is 32.6 Å². The summed E-state index contributed by atoms with van der Waals surface area (Å²) in [4.78, 5) is 19.6. The lowest BCUT2D eigenvalue weighted by Gasteiger charge is -2.30. The van der Waals surface area contributed by atoms with Gasteiger partial charge in [-0.3, -0.25) is 9.78 Å². The summed E-state index contributed by atoms with van der Waals surface area (Å²) in [6.07, 6.45) is 4.81. The van der Waals surface area contributed by atoms with Crippen LogP contribution >= 0.6 is 0 Å². The van der Waals surface area contributed by atoms with Gasteiger partial charge in [0.2, 0.25) is 17.7 Å². The third kappa shape index (κ3) is 8.00. The largest absolute Gasteiger partial charge is 0.497 e. The third-order valence-corrected chi connectivity index (χ3v) is 8.29. The number of likely N-dealkylation sites (tertiary alicyclic amines) is 1. The molecule has 0 atom stereocenters. The van der Waals surface area contributed by atoms with Gasteiger partial charge in [-0.1, -0.05) is 6.92 Å². The van der Waals surface area contributed by atoms with Crippen LogP contribution < -0.4 is 24.3 Å². The molecular weight excluding hydrogens is 617 g/mol. The maximum Gasteiger partial charge on any atom is 0.247 e. The second-order valence-electron chi connectivity index (χ2n) is 11.8. The van der Waals surface area contributed by atoms with E-state index in [1.54, 1.807) is 62.9 Å². The summed E-state index contributed by atoms with van der Waals surface area (Å²) in [6.45, 7) is 6.14. The number of hydrogen-bond acceptors (Lipinski definition) is 10. The first-order valence-corrected chi connectivity index (χ1v) is 15.9. The number of amides is 1. The van der Waals surface area contributed by atoms with Gasteiger partial charge < -0.3 is 33.6 Å². The van der Waals surface area contributed by atoms with Crippen molar-refractivity contribution in [2.24, 2.45) is 5.92 Å². The fraction of sp³-hybridized carbons (Fsp3) is 0.333. The van der Waals surface area contributed by atoms with Crippen LogP contribution in [0.15, 0.2) is 71.3 Å². The zero-order valence-corrected chi connectivity index (χ0v) is 27.2. The summed E-state index contributed by atoms with van der Waals surface area (Å²) < 4.78 is 43.7. The Hall–Kier alpha value is -5.23. The number of benzene rings is 3. The fourth-order valence-electron chi connectivity index (χ4n) is 5.54. The van der Waals surface area contributed by atoms with E-state index in [1.807, 2.05) is 6.07 Å². The zero-order valence-electron chi connectivity index (χ0n) is 27.2. The first kappa shape index (κ1) is 32.7. The average molecular weight is 656 g/mol. The Kier molecular flexibility index (Phi) is 10.3. The summed E-state index contributed by atoms with van der Waals surface area (Å²) in [5.74, 6) is 2.28. The predicted molar refractivity (Wildman–Crippen MR) is 178 cm³/mol. The van der Waals surface area contributed by atoms with E-state index in [2.05, 4.69) is 32.3 Å². The smallest absolute Gasteiger partial charge is 0.247 e. The number of carbonyl (C=O) groups excluding carboxylic acids is 1. The number of piperidine rings is 1. The molecule has 0 spiro atoms. The van der Waals surface area contributed by atoms with Crippen LogP contribution in [0.25, 0.3) is 22.4 Å². The molecule has 1 amide bonds. The van der Waals surface area contributed by atoms with E-state index < -0.39 is 11.7 Å². The van der Waals surface area contributed by atoms with Crippen LogP contribution in [0.2, 0.25) is 0 Å². The number of aromatic nitrogens is 3. The molecule has 1 aliphatic heterocycles. The van der Waals surface area contributed by atoms with Gasteiger partial charge in [0, 0.05) is 41.5 Å². The monoisotopic (exact) mass is 655 g/mol. The lowest BCUT2D eigenvalue weighted by atomic mass is 9.99. The van der Waals surface area contributed by atoms with E-state index in [9.17, 15) is 4.79 Å². The first-order chi connectivity index (χ1) is 23.4. The third-order valence-electron chi connectivity index (χ3n) is 8.29. The molecule has 250 valence electrons. The Morgan fingerprint density at radius 3 is 2.52 bits per heavy atom. The minimum Gasteiger partial charge on any atom is -0.497 e. The number of methoxy groups -OCH3 is 2. The predicted octanol–water partition coefficient (Wildman–Crippen LogP) is 6.92. The summed E-state index contributed by atoms with van der Waals surface area (Å²) in [5.41, 5.74) is 1.56. The van der Waals surface area contributed by atoms with Crippen LogP contribution in [0, 0.1) is 11.7 Å². The number of pyridine rings is 1. The van der Waals surface area contributed by atoms with Gasteiger partial charge in [0.15, 0.2) is 23.1 Å². The Morgan fingerprint density at radius 2 is 1.77 bits per heavy atom. The molecule has 0 aliphatic carbocycles. The van der Waals surface area contributed by atoms with Crippen molar-refractivity contribution in [1.29, 1.82) is 0 Å². The number of anilines is 1. The highest BCUT2D eigenvalue weighted by molar-refractivity contribution is 5.92. The Balaban J connectivity index is 1.06. The van der Waals surface area contributed by atoms with Crippen molar-refractivity contribution in [3.05, 3.63) is 78.6 Å². The molecule has 2 aromatic heterocycles. The van der Waals surface area contributed by atoms with Crippen LogP contribution in [-0.2, 0) is 11.2 Å². The highest BCUT2D eigenvalue weighted by atomic mass is 19.1. The minimum absolute atomic E-state index is 0.0204. The maximum atomic E-state index is 15.2. The van der Waals surface area contributed by atoms with E-state index in [-0.39, 0.29) is 29.6 Å². The summed E-state index contributed by atoms with van der Waals surface area (Å²) in [5, 5.41) is 11.2. The molecule has 1 saturated heterocycles. The van der Waals surface area contributed by atoms with Gasteiger partial charge in [0.1, 0.15) is 17.9 Å². The molecule has 1 fully saturated rings. The van der Waals surface area contributed by atoms with Gasteiger partial charge >= 0.3 is 0 Å². The molecule has 48 heavy (non-hydrogen) atoms. The molecule has 5 aromatic rings. The number of hydrogen-bond donors (Lipinski definition) is 1. The van der Waals surface area contributed by atoms with Gasteiger partial charge in [-0.05, 0) is 86.8 Å².